The Balaban J connectivity index is 2.59. The van der Waals surface area contributed by atoms with Crippen LogP contribution in [0.15, 0.2) is 41.3 Å². The van der Waals surface area contributed by atoms with Crippen molar-refractivity contribution in [3.63, 3.8) is 0 Å². The smallest absolute Gasteiger partial charge is 0.328 e. The maximum absolute atomic E-state index is 13.2. The zero-order valence-corrected chi connectivity index (χ0v) is 15.8. The third-order valence-electron chi connectivity index (χ3n) is 3.35. The fourth-order valence-electron chi connectivity index (χ4n) is 2.19. The van der Waals surface area contributed by atoms with Crippen LogP contribution in [-0.4, -0.2) is 33.7 Å². The second kappa shape index (κ2) is 8.28. The molecule has 2 rings (SSSR count). The van der Waals surface area contributed by atoms with Gasteiger partial charge >= 0.3 is 5.97 Å². The number of nitrogens with one attached hydrogen (secondary N) is 1. The van der Waals surface area contributed by atoms with Gasteiger partial charge in [0.05, 0.1) is 24.9 Å². The highest BCUT2D eigenvalue weighted by atomic mass is 35.5. The highest BCUT2D eigenvalue weighted by molar-refractivity contribution is 7.92. The Labute approximate surface area is 160 Å². The van der Waals surface area contributed by atoms with E-state index in [1.54, 1.807) is 0 Å². The number of benzene rings is 2. The van der Waals surface area contributed by atoms with E-state index in [0.29, 0.717) is 0 Å². The number of hydrogen-bond donors (Lipinski definition) is 2. The van der Waals surface area contributed by atoms with E-state index < -0.39 is 21.8 Å². The molecular formula is C17H15ClFNO6S. The lowest BCUT2D eigenvalue weighted by Gasteiger charge is -2.16. The van der Waals surface area contributed by atoms with Crippen molar-refractivity contribution in [2.45, 2.75) is 4.90 Å². The minimum absolute atomic E-state index is 0.0365. The van der Waals surface area contributed by atoms with Crippen molar-refractivity contribution >= 4 is 39.4 Å². The van der Waals surface area contributed by atoms with Crippen LogP contribution < -0.4 is 14.2 Å². The number of carboxylic acid groups (broad SMARTS) is 1. The van der Waals surface area contributed by atoms with Crippen LogP contribution in [0.4, 0.5) is 10.1 Å². The van der Waals surface area contributed by atoms with Crippen LogP contribution in [0.5, 0.6) is 11.5 Å². The maximum Gasteiger partial charge on any atom is 0.328 e. The zero-order valence-electron chi connectivity index (χ0n) is 14.2. The van der Waals surface area contributed by atoms with Gasteiger partial charge in [-0.15, -0.1) is 0 Å². The Bertz CT molecular complexity index is 1010. The molecule has 0 fully saturated rings. The van der Waals surface area contributed by atoms with Crippen LogP contribution in [0.1, 0.15) is 5.56 Å². The molecule has 10 heteroatoms. The molecule has 0 aliphatic carbocycles. The third-order valence-corrected chi connectivity index (χ3v) is 5.03. The fourth-order valence-corrected chi connectivity index (χ4v) is 3.75. The molecule has 2 N–H and O–H groups in total. The molecule has 144 valence electrons. The van der Waals surface area contributed by atoms with Gasteiger partial charge in [-0.3, -0.25) is 4.72 Å². The highest BCUT2D eigenvalue weighted by Crippen LogP contribution is 2.37. The second-order valence-corrected chi connectivity index (χ2v) is 7.21. The standard InChI is InChI=1S/C17H15ClFNO6S/c1-25-14-7-10(3-6-16(21)22)8-15(17(14)26-2)27(23,24)20-13-5-4-11(19)9-12(13)18/h3-9,20H,1-2H3,(H,21,22)/b6-3+. The van der Waals surface area contributed by atoms with E-state index in [1.807, 2.05) is 0 Å². The van der Waals surface area contributed by atoms with Gasteiger partial charge in [0.1, 0.15) is 10.7 Å². The summed E-state index contributed by atoms with van der Waals surface area (Å²) in [5.74, 6) is -1.83. The number of sulfonamides is 1. The molecule has 0 aliphatic heterocycles. The molecule has 2 aromatic carbocycles. The summed E-state index contributed by atoms with van der Waals surface area (Å²) in [5.41, 5.74) is 0.214. The maximum atomic E-state index is 13.2. The molecule has 27 heavy (non-hydrogen) atoms. The molecule has 0 aromatic heterocycles. The molecule has 0 heterocycles. The summed E-state index contributed by atoms with van der Waals surface area (Å²) in [5, 5.41) is 8.63. The normalized spacial score (nSPS) is 11.4. The molecular weight excluding hydrogens is 401 g/mol. The van der Waals surface area contributed by atoms with Crippen molar-refractivity contribution in [3.8, 4) is 11.5 Å². The summed E-state index contributed by atoms with van der Waals surface area (Å²) in [6.07, 6.45) is 2.05. The molecule has 0 amide bonds. The number of anilines is 1. The molecule has 0 unspecified atom stereocenters. The van der Waals surface area contributed by atoms with Crippen LogP contribution in [0.2, 0.25) is 5.02 Å². The van der Waals surface area contributed by atoms with E-state index in [2.05, 4.69) is 4.72 Å². The number of ether oxygens (including phenoxy) is 2. The monoisotopic (exact) mass is 415 g/mol. The Morgan fingerprint density at radius 1 is 1.22 bits per heavy atom. The first-order valence-electron chi connectivity index (χ1n) is 7.33. The van der Waals surface area contributed by atoms with E-state index in [4.69, 9.17) is 26.2 Å². The molecule has 7 nitrogen and oxygen atoms in total. The lowest BCUT2D eigenvalue weighted by Crippen LogP contribution is -2.15. The van der Waals surface area contributed by atoms with Crippen LogP contribution in [0.25, 0.3) is 6.08 Å². The van der Waals surface area contributed by atoms with E-state index in [0.717, 1.165) is 18.2 Å². The minimum Gasteiger partial charge on any atom is -0.493 e. The van der Waals surface area contributed by atoms with E-state index >= 15 is 0 Å². The second-order valence-electron chi connectivity index (χ2n) is 5.16. The van der Waals surface area contributed by atoms with Gasteiger partial charge in [-0.25, -0.2) is 17.6 Å². The number of rotatable bonds is 7. The Morgan fingerprint density at radius 3 is 2.48 bits per heavy atom. The van der Waals surface area contributed by atoms with Crippen LogP contribution in [0.3, 0.4) is 0 Å². The molecule has 0 spiro atoms. The van der Waals surface area contributed by atoms with E-state index in [-0.39, 0.29) is 32.7 Å². The lowest BCUT2D eigenvalue weighted by atomic mass is 10.2. The van der Waals surface area contributed by atoms with Crippen LogP contribution >= 0.6 is 11.6 Å². The van der Waals surface area contributed by atoms with Crippen molar-refractivity contribution in [2.75, 3.05) is 18.9 Å². The summed E-state index contributed by atoms with van der Waals surface area (Å²) < 4.78 is 51.4. The third kappa shape index (κ3) is 4.89. The predicted molar refractivity (Wildman–Crippen MR) is 98.4 cm³/mol. The Morgan fingerprint density at radius 2 is 1.93 bits per heavy atom. The van der Waals surface area contributed by atoms with Crippen molar-refractivity contribution in [1.29, 1.82) is 0 Å². The number of methoxy groups -OCH3 is 2. The van der Waals surface area contributed by atoms with Gasteiger partial charge in [-0.05, 0) is 42.0 Å². The summed E-state index contributed by atoms with van der Waals surface area (Å²) >= 11 is 5.87. The number of halogens is 2. The van der Waals surface area contributed by atoms with Gasteiger partial charge in [-0.2, -0.15) is 0 Å². The summed E-state index contributed by atoms with van der Waals surface area (Å²) in [6, 6.07) is 5.81. The fraction of sp³-hybridized carbons (Fsp3) is 0.118. The first-order chi connectivity index (χ1) is 12.7. The SMILES string of the molecule is COc1cc(/C=C/C(=O)O)cc(S(=O)(=O)Nc2ccc(F)cc2Cl)c1OC. The summed E-state index contributed by atoms with van der Waals surface area (Å²) in [7, 11) is -1.66. The molecule has 0 saturated heterocycles. The lowest BCUT2D eigenvalue weighted by molar-refractivity contribution is -0.131. The van der Waals surface area contributed by atoms with Gasteiger partial charge in [0.25, 0.3) is 10.0 Å². The van der Waals surface area contributed by atoms with Crippen molar-refractivity contribution < 1.29 is 32.2 Å². The van der Waals surface area contributed by atoms with Crippen LogP contribution in [-0.2, 0) is 14.8 Å². The quantitative estimate of drug-likeness (QED) is 0.672. The molecule has 2 aromatic rings. The van der Waals surface area contributed by atoms with Gasteiger partial charge in [0, 0.05) is 6.08 Å². The van der Waals surface area contributed by atoms with E-state index in [1.165, 1.54) is 38.5 Å². The minimum atomic E-state index is -4.23. The number of carbonyl (C=O) groups is 1. The first kappa shape index (κ1) is 20.5. The highest BCUT2D eigenvalue weighted by Gasteiger charge is 2.24. The molecule has 0 radical (unpaired) electrons. The van der Waals surface area contributed by atoms with Crippen LogP contribution in [0, 0.1) is 5.82 Å². The van der Waals surface area contributed by atoms with Crippen molar-refractivity contribution in [1.82, 2.24) is 0 Å². The summed E-state index contributed by atoms with van der Waals surface area (Å²) in [4.78, 5) is 10.4. The van der Waals surface area contributed by atoms with E-state index in [9.17, 15) is 17.6 Å². The molecule has 0 saturated carbocycles. The average Bonchev–Trinajstić information content (AvgIpc) is 2.61. The van der Waals surface area contributed by atoms with Gasteiger partial charge in [0.15, 0.2) is 11.5 Å². The molecule has 0 atom stereocenters. The topological polar surface area (TPSA) is 102 Å². The molecule has 0 bridgehead atoms. The Kier molecular flexibility index (Phi) is 6.29. The number of aliphatic carboxylic acids is 1. The van der Waals surface area contributed by atoms with Crippen molar-refractivity contribution in [3.05, 3.63) is 52.8 Å². The Hall–Kier alpha value is -2.78. The van der Waals surface area contributed by atoms with Gasteiger partial charge in [-0.1, -0.05) is 11.6 Å². The average molecular weight is 416 g/mol. The predicted octanol–water partition coefficient (Wildman–Crippen LogP) is 3.39. The molecule has 0 aliphatic rings. The summed E-state index contributed by atoms with van der Waals surface area (Å²) in [6.45, 7) is 0. The number of carboxylic acids is 1. The first-order valence-corrected chi connectivity index (χ1v) is 9.19. The largest absolute Gasteiger partial charge is 0.493 e. The number of hydrogen-bond acceptors (Lipinski definition) is 5. The van der Waals surface area contributed by atoms with Gasteiger partial charge < -0.3 is 14.6 Å². The zero-order chi connectivity index (χ0) is 20.2. The van der Waals surface area contributed by atoms with Gasteiger partial charge in [0.2, 0.25) is 0 Å². The van der Waals surface area contributed by atoms with Crippen molar-refractivity contribution in [2.24, 2.45) is 0 Å².